The van der Waals surface area contributed by atoms with Gasteiger partial charge in [0.1, 0.15) is 24.7 Å². The minimum atomic E-state index is -0.0459. The lowest BCUT2D eigenvalue weighted by atomic mass is 9.92. The van der Waals surface area contributed by atoms with E-state index in [2.05, 4.69) is 19.1 Å². The highest BCUT2D eigenvalue weighted by Crippen LogP contribution is 2.42. The van der Waals surface area contributed by atoms with Crippen LogP contribution >= 0.6 is 0 Å². The van der Waals surface area contributed by atoms with Gasteiger partial charge in [0.15, 0.2) is 11.5 Å². The third kappa shape index (κ3) is 4.46. The predicted octanol–water partition coefficient (Wildman–Crippen LogP) is 4.52. The van der Waals surface area contributed by atoms with Crippen molar-refractivity contribution in [2.24, 2.45) is 0 Å². The maximum Gasteiger partial charge on any atom is 0.231 e. The van der Waals surface area contributed by atoms with Crippen molar-refractivity contribution in [2.75, 3.05) is 20.0 Å². The molecule has 4 rings (SSSR count). The van der Waals surface area contributed by atoms with Crippen LogP contribution in [0.3, 0.4) is 0 Å². The molecule has 1 unspecified atom stereocenters. The SMILES string of the molecule is CC(c1ccc(OCc2ccccc2)cc1)c1cc2c(cc1OCCO)OCO2. The summed E-state index contributed by atoms with van der Waals surface area (Å²) in [6.07, 6.45) is 0. The van der Waals surface area contributed by atoms with Gasteiger partial charge >= 0.3 is 0 Å². The van der Waals surface area contributed by atoms with Crippen LogP contribution in [0.1, 0.15) is 29.5 Å². The van der Waals surface area contributed by atoms with E-state index >= 15 is 0 Å². The Hall–Kier alpha value is -3.18. The Morgan fingerprint density at radius 2 is 1.66 bits per heavy atom. The van der Waals surface area contributed by atoms with Crippen molar-refractivity contribution in [1.29, 1.82) is 0 Å². The molecule has 0 bridgehead atoms. The van der Waals surface area contributed by atoms with Gasteiger partial charge in [-0.05, 0) is 29.3 Å². The van der Waals surface area contributed by atoms with Gasteiger partial charge in [-0.1, -0.05) is 49.4 Å². The van der Waals surface area contributed by atoms with Crippen LogP contribution in [0.15, 0.2) is 66.7 Å². The molecule has 1 aliphatic heterocycles. The van der Waals surface area contributed by atoms with Crippen LogP contribution in [0.5, 0.6) is 23.0 Å². The maximum absolute atomic E-state index is 9.14. The summed E-state index contributed by atoms with van der Waals surface area (Å²) in [6, 6.07) is 22.0. The molecule has 0 aliphatic carbocycles. The van der Waals surface area contributed by atoms with Crippen LogP contribution in [0.4, 0.5) is 0 Å². The first-order chi connectivity index (χ1) is 14.2. The van der Waals surface area contributed by atoms with E-state index in [9.17, 15) is 0 Å². The lowest BCUT2D eigenvalue weighted by Gasteiger charge is -2.18. The summed E-state index contributed by atoms with van der Waals surface area (Å²) in [7, 11) is 0. The van der Waals surface area contributed by atoms with Crippen molar-refractivity contribution < 1.29 is 24.1 Å². The predicted molar refractivity (Wildman–Crippen MR) is 110 cm³/mol. The van der Waals surface area contributed by atoms with Crippen molar-refractivity contribution in [2.45, 2.75) is 19.4 Å². The lowest BCUT2D eigenvalue weighted by Crippen LogP contribution is -2.06. The monoisotopic (exact) mass is 392 g/mol. The number of fused-ring (bicyclic) bond motifs is 1. The number of hydrogen-bond donors (Lipinski definition) is 1. The molecule has 0 saturated carbocycles. The Kier molecular flexibility index (Phi) is 5.86. The molecule has 1 atom stereocenters. The minimum Gasteiger partial charge on any atom is -0.491 e. The second kappa shape index (κ2) is 8.88. The number of aliphatic hydroxyl groups is 1. The van der Waals surface area contributed by atoms with Gasteiger partial charge in [0, 0.05) is 17.5 Å². The lowest BCUT2D eigenvalue weighted by molar-refractivity contribution is 0.173. The van der Waals surface area contributed by atoms with Gasteiger partial charge in [0.05, 0.1) is 6.61 Å². The highest BCUT2D eigenvalue weighted by molar-refractivity contribution is 5.54. The molecule has 0 aromatic heterocycles. The highest BCUT2D eigenvalue weighted by atomic mass is 16.7. The van der Waals surface area contributed by atoms with E-state index in [0.717, 1.165) is 22.4 Å². The summed E-state index contributed by atoms with van der Waals surface area (Å²) < 4.78 is 22.6. The first-order valence-corrected chi connectivity index (χ1v) is 9.68. The molecule has 1 heterocycles. The van der Waals surface area contributed by atoms with E-state index in [1.165, 1.54) is 0 Å². The van der Waals surface area contributed by atoms with Gasteiger partial charge < -0.3 is 24.1 Å². The van der Waals surface area contributed by atoms with Crippen LogP contribution in [0.2, 0.25) is 0 Å². The summed E-state index contributed by atoms with van der Waals surface area (Å²) in [6.45, 7) is 3.04. The van der Waals surface area contributed by atoms with Gasteiger partial charge in [-0.15, -0.1) is 0 Å². The van der Waals surface area contributed by atoms with E-state index in [0.29, 0.717) is 23.9 Å². The Morgan fingerprint density at radius 1 is 0.931 bits per heavy atom. The van der Waals surface area contributed by atoms with Crippen molar-refractivity contribution in [3.8, 4) is 23.0 Å². The number of benzene rings is 3. The number of rotatable bonds is 8. The van der Waals surface area contributed by atoms with Crippen LogP contribution in [0.25, 0.3) is 0 Å². The van der Waals surface area contributed by atoms with Crippen LogP contribution in [-0.4, -0.2) is 25.1 Å². The van der Waals surface area contributed by atoms with Gasteiger partial charge in [-0.25, -0.2) is 0 Å². The zero-order chi connectivity index (χ0) is 20.1. The second-order valence-electron chi connectivity index (χ2n) is 6.88. The zero-order valence-electron chi connectivity index (χ0n) is 16.3. The zero-order valence-corrected chi connectivity index (χ0v) is 16.3. The molecule has 5 nitrogen and oxygen atoms in total. The van der Waals surface area contributed by atoms with Crippen molar-refractivity contribution in [3.05, 3.63) is 83.4 Å². The summed E-state index contributed by atoms with van der Waals surface area (Å²) in [5.74, 6) is 2.97. The Labute approximate surface area is 170 Å². The molecule has 0 radical (unpaired) electrons. The van der Waals surface area contributed by atoms with Crippen molar-refractivity contribution >= 4 is 0 Å². The average molecular weight is 392 g/mol. The number of aliphatic hydroxyl groups excluding tert-OH is 1. The van der Waals surface area contributed by atoms with Crippen molar-refractivity contribution in [3.63, 3.8) is 0 Å². The third-order valence-corrected chi connectivity index (χ3v) is 4.95. The summed E-state index contributed by atoms with van der Waals surface area (Å²) in [5, 5.41) is 9.14. The summed E-state index contributed by atoms with van der Waals surface area (Å²) in [5.41, 5.74) is 3.25. The molecule has 1 aliphatic rings. The van der Waals surface area contributed by atoms with Crippen LogP contribution in [-0.2, 0) is 6.61 Å². The molecule has 0 spiro atoms. The molecule has 0 fully saturated rings. The normalized spacial score (nSPS) is 13.2. The fourth-order valence-electron chi connectivity index (χ4n) is 3.33. The molecule has 29 heavy (non-hydrogen) atoms. The Morgan fingerprint density at radius 3 is 2.38 bits per heavy atom. The topological polar surface area (TPSA) is 57.2 Å². The van der Waals surface area contributed by atoms with Crippen molar-refractivity contribution in [1.82, 2.24) is 0 Å². The summed E-state index contributed by atoms with van der Waals surface area (Å²) in [4.78, 5) is 0. The van der Waals surface area contributed by atoms with E-state index in [-0.39, 0.29) is 25.9 Å². The smallest absolute Gasteiger partial charge is 0.231 e. The van der Waals surface area contributed by atoms with Gasteiger partial charge in [-0.3, -0.25) is 0 Å². The largest absolute Gasteiger partial charge is 0.491 e. The van der Waals surface area contributed by atoms with E-state index in [4.69, 9.17) is 24.1 Å². The van der Waals surface area contributed by atoms with E-state index in [1.807, 2.05) is 54.6 Å². The molecular weight excluding hydrogens is 368 g/mol. The molecule has 1 N–H and O–H groups in total. The van der Waals surface area contributed by atoms with E-state index in [1.54, 1.807) is 0 Å². The molecule has 5 heteroatoms. The fraction of sp³-hybridized carbons (Fsp3) is 0.250. The maximum atomic E-state index is 9.14. The quantitative estimate of drug-likeness (QED) is 0.611. The molecule has 3 aromatic carbocycles. The third-order valence-electron chi connectivity index (χ3n) is 4.95. The first kappa shape index (κ1) is 19.2. The minimum absolute atomic E-state index is 0.0459. The number of hydrogen-bond acceptors (Lipinski definition) is 5. The molecule has 0 saturated heterocycles. The standard InChI is InChI=1S/C24H24O5/c1-17(21-13-23-24(29-16-28-23)14-22(21)26-12-11-25)19-7-9-20(10-8-19)27-15-18-5-3-2-4-6-18/h2-10,13-14,17,25H,11-12,15-16H2,1H3. The molecule has 3 aromatic rings. The van der Waals surface area contributed by atoms with Crippen LogP contribution in [0, 0.1) is 0 Å². The first-order valence-electron chi connectivity index (χ1n) is 9.68. The highest BCUT2D eigenvalue weighted by Gasteiger charge is 2.22. The Bertz CT molecular complexity index is 937. The van der Waals surface area contributed by atoms with Gasteiger partial charge in [-0.2, -0.15) is 0 Å². The van der Waals surface area contributed by atoms with Crippen LogP contribution < -0.4 is 18.9 Å². The van der Waals surface area contributed by atoms with Gasteiger partial charge in [0.2, 0.25) is 6.79 Å². The Balaban J connectivity index is 1.51. The average Bonchev–Trinajstić information content (AvgIpc) is 3.23. The summed E-state index contributed by atoms with van der Waals surface area (Å²) >= 11 is 0. The number of ether oxygens (including phenoxy) is 4. The molecular formula is C24H24O5. The van der Waals surface area contributed by atoms with E-state index < -0.39 is 0 Å². The van der Waals surface area contributed by atoms with Gasteiger partial charge in [0.25, 0.3) is 0 Å². The second-order valence-corrected chi connectivity index (χ2v) is 6.88. The molecule has 150 valence electrons. The fourth-order valence-corrected chi connectivity index (χ4v) is 3.33. The molecule has 0 amide bonds.